The van der Waals surface area contributed by atoms with Gasteiger partial charge in [0.2, 0.25) is 0 Å². The summed E-state index contributed by atoms with van der Waals surface area (Å²) in [4.78, 5) is 14.8. The Morgan fingerprint density at radius 1 is 1.36 bits per heavy atom. The monoisotopic (exact) mass is 193 g/mol. The lowest BCUT2D eigenvalue weighted by molar-refractivity contribution is -0.144. The summed E-state index contributed by atoms with van der Waals surface area (Å²) < 4.78 is 0. The van der Waals surface area contributed by atoms with Gasteiger partial charge in [0.1, 0.15) is 0 Å². The summed E-state index contributed by atoms with van der Waals surface area (Å²) in [6, 6.07) is 8.28. The second-order valence-electron chi connectivity index (χ2n) is 3.33. The summed E-state index contributed by atoms with van der Waals surface area (Å²) in [5, 5.41) is 0. The van der Waals surface area contributed by atoms with Crippen molar-refractivity contribution in [2.24, 2.45) is 5.90 Å². The van der Waals surface area contributed by atoms with Gasteiger partial charge in [-0.25, -0.2) is 0 Å². The predicted octanol–water partition coefficient (Wildman–Crippen LogP) is 1.73. The molecule has 0 bridgehead atoms. The van der Waals surface area contributed by atoms with Crippen LogP contribution in [0.25, 0.3) is 0 Å². The topological polar surface area (TPSA) is 52.3 Å². The maximum absolute atomic E-state index is 10.7. The molecule has 0 aliphatic carbocycles. The van der Waals surface area contributed by atoms with Crippen molar-refractivity contribution in [3.8, 4) is 0 Å². The van der Waals surface area contributed by atoms with Gasteiger partial charge in [-0.1, -0.05) is 29.8 Å². The number of carbonyl (C=O) groups excluding carboxylic acids is 1. The number of rotatable bonds is 4. The highest BCUT2D eigenvalue weighted by molar-refractivity contribution is 5.68. The first kappa shape index (κ1) is 10.7. The minimum Gasteiger partial charge on any atom is -0.373 e. The van der Waals surface area contributed by atoms with E-state index in [1.165, 1.54) is 11.1 Å². The van der Waals surface area contributed by atoms with E-state index in [0.29, 0.717) is 6.42 Å². The summed E-state index contributed by atoms with van der Waals surface area (Å²) in [6.45, 7) is 2.05. The molecule has 76 valence electrons. The van der Waals surface area contributed by atoms with Gasteiger partial charge in [0.25, 0.3) is 0 Å². The fraction of sp³-hybridized carbons (Fsp3) is 0.364. The average Bonchev–Trinajstić information content (AvgIpc) is 2.21. The van der Waals surface area contributed by atoms with Crippen LogP contribution in [0.5, 0.6) is 0 Å². The van der Waals surface area contributed by atoms with E-state index < -0.39 is 0 Å². The van der Waals surface area contributed by atoms with E-state index in [-0.39, 0.29) is 5.97 Å². The Labute approximate surface area is 83.8 Å². The van der Waals surface area contributed by atoms with Crippen LogP contribution in [0.4, 0.5) is 0 Å². The van der Waals surface area contributed by atoms with E-state index >= 15 is 0 Å². The number of nitrogens with two attached hydrogens (primary N) is 1. The van der Waals surface area contributed by atoms with Gasteiger partial charge in [-0.05, 0) is 25.3 Å². The smallest absolute Gasteiger partial charge is 0.324 e. The van der Waals surface area contributed by atoms with Crippen molar-refractivity contribution >= 4 is 5.97 Å². The summed E-state index contributed by atoms with van der Waals surface area (Å²) in [6.07, 6.45) is 2.04. The van der Waals surface area contributed by atoms with Crippen LogP contribution in [0.1, 0.15) is 24.0 Å². The van der Waals surface area contributed by atoms with Crippen LogP contribution < -0.4 is 5.90 Å². The molecule has 0 aromatic heterocycles. The predicted molar refractivity (Wildman–Crippen MR) is 54.4 cm³/mol. The van der Waals surface area contributed by atoms with Crippen molar-refractivity contribution in [2.75, 3.05) is 0 Å². The van der Waals surface area contributed by atoms with Crippen molar-refractivity contribution < 1.29 is 9.63 Å². The standard InChI is InChI=1S/C11H15NO2/c1-9-5-7-10(8-6-9)3-2-4-11(13)14-12/h5-8H,2-4,12H2,1H3. The zero-order valence-electron chi connectivity index (χ0n) is 8.32. The van der Waals surface area contributed by atoms with E-state index in [1.807, 2.05) is 0 Å². The molecule has 0 saturated heterocycles. The molecule has 0 aliphatic rings. The maximum Gasteiger partial charge on any atom is 0.324 e. The molecule has 1 rings (SSSR count). The second kappa shape index (κ2) is 5.40. The lowest BCUT2D eigenvalue weighted by Crippen LogP contribution is -2.09. The van der Waals surface area contributed by atoms with Gasteiger partial charge in [-0.2, -0.15) is 5.90 Å². The van der Waals surface area contributed by atoms with Crippen molar-refractivity contribution in [3.05, 3.63) is 35.4 Å². The molecule has 14 heavy (non-hydrogen) atoms. The van der Waals surface area contributed by atoms with Gasteiger partial charge in [0.15, 0.2) is 0 Å². The largest absolute Gasteiger partial charge is 0.373 e. The summed E-state index contributed by atoms with van der Waals surface area (Å²) in [5.74, 6) is 4.37. The van der Waals surface area contributed by atoms with Gasteiger partial charge in [-0.3, -0.25) is 4.79 Å². The lowest BCUT2D eigenvalue weighted by atomic mass is 10.1. The number of carbonyl (C=O) groups is 1. The molecule has 1 aromatic rings. The first-order chi connectivity index (χ1) is 6.72. The zero-order valence-corrected chi connectivity index (χ0v) is 8.32. The molecule has 0 unspecified atom stereocenters. The summed E-state index contributed by atoms with van der Waals surface area (Å²) >= 11 is 0. The van der Waals surface area contributed by atoms with Crippen molar-refractivity contribution in [2.45, 2.75) is 26.2 Å². The van der Waals surface area contributed by atoms with Crippen molar-refractivity contribution in [1.29, 1.82) is 0 Å². The van der Waals surface area contributed by atoms with Crippen LogP contribution >= 0.6 is 0 Å². The Hall–Kier alpha value is -1.35. The lowest BCUT2D eigenvalue weighted by Gasteiger charge is -2.00. The van der Waals surface area contributed by atoms with Crippen LogP contribution in [0, 0.1) is 6.92 Å². The Morgan fingerprint density at radius 2 is 2.00 bits per heavy atom. The highest BCUT2D eigenvalue weighted by atomic mass is 16.7. The normalized spacial score (nSPS) is 9.86. The molecular weight excluding hydrogens is 178 g/mol. The van der Waals surface area contributed by atoms with Gasteiger partial charge >= 0.3 is 5.97 Å². The Balaban J connectivity index is 2.31. The van der Waals surface area contributed by atoms with Gasteiger partial charge in [0.05, 0.1) is 0 Å². The molecule has 3 heteroatoms. The minimum absolute atomic E-state index is 0.350. The van der Waals surface area contributed by atoms with Gasteiger partial charge < -0.3 is 4.84 Å². The number of hydrogen-bond donors (Lipinski definition) is 1. The van der Waals surface area contributed by atoms with Crippen LogP contribution in [-0.2, 0) is 16.1 Å². The molecule has 0 radical (unpaired) electrons. The zero-order chi connectivity index (χ0) is 10.4. The van der Waals surface area contributed by atoms with Gasteiger partial charge in [-0.15, -0.1) is 0 Å². The third-order valence-corrected chi connectivity index (χ3v) is 2.10. The third kappa shape index (κ3) is 3.58. The summed E-state index contributed by atoms with van der Waals surface area (Å²) in [7, 11) is 0. The number of benzene rings is 1. The van der Waals surface area contributed by atoms with E-state index in [2.05, 4.69) is 36.0 Å². The molecule has 2 N–H and O–H groups in total. The SMILES string of the molecule is Cc1ccc(CCCC(=O)ON)cc1. The molecule has 0 saturated carbocycles. The Bertz CT molecular complexity index is 293. The number of hydrogen-bond acceptors (Lipinski definition) is 3. The molecular formula is C11H15NO2. The van der Waals surface area contributed by atoms with Crippen LogP contribution in [-0.4, -0.2) is 5.97 Å². The van der Waals surface area contributed by atoms with Gasteiger partial charge in [0, 0.05) is 6.42 Å². The second-order valence-corrected chi connectivity index (χ2v) is 3.33. The maximum atomic E-state index is 10.7. The van der Waals surface area contributed by atoms with E-state index in [1.54, 1.807) is 0 Å². The molecule has 0 heterocycles. The van der Waals surface area contributed by atoms with Crippen LogP contribution in [0.3, 0.4) is 0 Å². The highest BCUT2D eigenvalue weighted by Crippen LogP contribution is 2.07. The van der Waals surface area contributed by atoms with Crippen molar-refractivity contribution in [1.82, 2.24) is 0 Å². The summed E-state index contributed by atoms with van der Waals surface area (Å²) in [5.41, 5.74) is 2.48. The van der Waals surface area contributed by atoms with E-state index in [0.717, 1.165) is 12.8 Å². The molecule has 0 amide bonds. The average molecular weight is 193 g/mol. The van der Waals surface area contributed by atoms with Crippen LogP contribution in [0.2, 0.25) is 0 Å². The molecule has 3 nitrogen and oxygen atoms in total. The molecule has 0 fully saturated rings. The first-order valence-corrected chi connectivity index (χ1v) is 4.67. The van der Waals surface area contributed by atoms with E-state index in [4.69, 9.17) is 5.90 Å². The Morgan fingerprint density at radius 3 is 2.57 bits per heavy atom. The third-order valence-electron chi connectivity index (χ3n) is 2.10. The Kier molecular flexibility index (Phi) is 4.13. The first-order valence-electron chi connectivity index (χ1n) is 4.67. The highest BCUT2D eigenvalue weighted by Gasteiger charge is 2.00. The number of aryl methyl sites for hydroxylation is 2. The fourth-order valence-corrected chi connectivity index (χ4v) is 1.25. The van der Waals surface area contributed by atoms with Crippen LogP contribution in [0.15, 0.2) is 24.3 Å². The quantitative estimate of drug-likeness (QED) is 0.741. The molecule has 1 aromatic carbocycles. The minimum atomic E-state index is -0.350. The molecule has 0 spiro atoms. The fourth-order valence-electron chi connectivity index (χ4n) is 1.25. The van der Waals surface area contributed by atoms with E-state index in [9.17, 15) is 4.79 Å². The van der Waals surface area contributed by atoms with Crippen molar-refractivity contribution in [3.63, 3.8) is 0 Å². The molecule has 0 aliphatic heterocycles. The molecule has 0 atom stereocenters.